The molecule has 0 spiro atoms. The lowest BCUT2D eigenvalue weighted by Crippen LogP contribution is -2.57. The minimum Gasteiger partial charge on any atom is -0.339 e. The largest absolute Gasteiger partial charge is 0.339 e. The number of ketones is 1. The van der Waals surface area contributed by atoms with Crippen LogP contribution in [0.5, 0.6) is 0 Å². The molecule has 6 atom stereocenters. The van der Waals surface area contributed by atoms with Crippen LogP contribution in [-0.2, 0) is 14.4 Å². The molecule has 3 N–H and O–H groups in total. The summed E-state index contributed by atoms with van der Waals surface area (Å²) in [5.41, 5.74) is 5.79. The fourth-order valence-corrected chi connectivity index (χ4v) is 5.18. The van der Waals surface area contributed by atoms with Gasteiger partial charge in [-0.1, -0.05) is 34.6 Å². The highest BCUT2D eigenvalue weighted by Crippen LogP contribution is 2.65. The number of amides is 2. The first-order valence-electron chi connectivity index (χ1n) is 10.7. The van der Waals surface area contributed by atoms with Crippen molar-refractivity contribution in [2.75, 3.05) is 6.54 Å². The van der Waals surface area contributed by atoms with Crippen LogP contribution < -0.4 is 11.1 Å². The average molecular weight is 403 g/mol. The van der Waals surface area contributed by atoms with E-state index in [1.54, 1.807) is 4.90 Å². The van der Waals surface area contributed by atoms with Crippen LogP contribution in [0.15, 0.2) is 0 Å². The summed E-state index contributed by atoms with van der Waals surface area (Å²) in [6, 6.07) is 0.114. The van der Waals surface area contributed by atoms with E-state index in [9.17, 15) is 19.6 Å². The molecular weight excluding hydrogens is 368 g/mol. The van der Waals surface area contributed by atoms with E-state index < -0.39 is 23.5 Å². The number of rotatable bonds is 5. The molecule has 1 aliphatic heterocycles. The van der Waals surface area contributed by atoms with Crippen LogP contribution >= 0.6 is 0 Å². The lowest BCUT2D eigenvalue weighted by atomic mass is 9.86. The summed E-state index contributed by atoms with van der Waals surface area (Å²) in [6.45, 7) is 10.5. The van der Waals surface area contributed by atoms with Gasteiger partial charge in [-0.2, -0.15) is 5.26 Å². The van der Waals surface area contributed by atoms with E-state index in [1.165, 1.54) is 0 Å². The molecule has 7 heteroatoms. The lowest BCUT2D eigenvalue weighted by molar-refractivity contribution is -0.143. The number of nitrogens with two attached hydrogens (primary N) is 1. The first-order chi connectivity index (χ1) is 13.4. The molecule has 0 aromatic rings. The molecule has 1 saturated heterocycles. The Bertz CT molecular complexity index is 748. The number of carbonyl (C=O) groups is 3. The second kappa shape index (κ2) is 7.39. The highest BCUT2D eigenvalue weighted by atomic mass is 16.2. The van der Waals surface area contributed by atoms with Crippen molar-refractivity contribution in [3.05, 3.63) is 0 Å². The van der Waals surface area contributed by atoms with Gasteiger partial charge in [0.25, 0.3) is 0 Å². The van der Waals surface area contributed by atoms with Crippen molar-refractivity contribution in [3.8, 4) is 6.07 Å². The Morgan fingerprint density at radius 2 is 2.03 bits per heavy atom. The van der Waals surface area contributed by atoms with Crippen LogP contribution in [0.3, 0.4) is 0 Å². The van der Waals surface area contributed by atoms with Crippen LogP contribution in [0.2, 0.25) is 0 Å². The van der Waals surface area contributed by atoms with Crippen LogP contribution in [-0.4, -0.2) is 47.2 Å². The Hall–Kier alpha value is -1.94. The minimum atomic E-state index is -0.719. The van der Waals surface area contributed by atoms with E-state index >= 15 is 0 Å². The maximum Gasteiger partial charge on any atom is 0.244 e. The lowest BCUT2D eigenvalue weighted by Gasteiger charge is -2.35. The number of nitriles is 1. The zero-order valence-electron chi connectivity index (χ0n) is 18.2. The molecule has 0 aromatic heterocycles. The molecule has 7 nitrogen and oxygen atoms in total. The maximum absolute atomic E-state index is 13.2. The first kappa shape index (κ1) is 21.8. The number of hydrogen-bond donors (Lipinski definition) is 2. The van der Waals surface area contributed by atoms with Crippen molar-refractivity contribution < 1.29 is 14.4 Å². The Morgan fingerprint density at radius 1 is 1.38 bits per heavy atom. The van der Waals surface area contributed by atoms with E-state index in [0.29, 0.717) is 19.4 Å². The van der Waals surface area contributed by atoms with E-state index in [-0.39, 0.29) is 40.8 Å². The fraction of sp³-hybridized carbons (Fsp3) is 0.818. The molecule has 1 heterocycles. The number of nitrogens with one attached hydrogen (secondary N) is 1. The molecule has 2 aliphatic carbocycles. The summed E-state index contributed by atoms with van der Waals surface area (Å²) in [4.78, 5) is 39.8. The molecule has 160 valence electrons. The van der Waals surface area contributed by atoms with Crippen molar-refractivity contribution in [1.29, 1.82) is 5.26 Å². The topological polar surface area (TPSA) is 116 Å². The van der Waals surface area contributed by atoms with Gasteiger partial charge in [0.2, 0.25) is 11.8 Å². The number of carbonyl (C=O) groups excluding carboxylic acids is 3. The van der Waals surface area contributed by atoms with Gasteiger partial charge in [0.05, 0.1) is 12.1 Å². The summed E-state index contributed by atoms with van der Waals surface area (Å²) in [5, 5.41) is 12.4. The molecule has 3 rings (SSSR count). The predicted molar refractivity (Wildman–Crippen MR) is 108 cm³/mol. The van der Waals surface area contributed by atoms with Gasteiger partial charge in [0.15, 0.2) is 0 Å². The molecule has 3 fully saturated rings. The Morgan fingerprint density at radius 3 is 2.55 bits per heavy atom. The van der Waals surface area contributed by atoms with Crippen molar-refractivity contribution in [3.63, 3.8) is 0 Å². The molecule has 3 aliphatic rings. The van der Waals surface area contributed by atoms with Gasteiger partial charge in [-0.25, -0.2) is 0 Å². The van der Waals surface area contributed by atoms with Gasteiger partial charge in [-0.3, -0.25) is 14.4 Å². The van der Waals surface area contributed by atoms with Crippen LogP contribution in [0, 0.1) is 39.9 Å². The molecule has 0 radical (unpaired) electrons. The standard InChI is InChI=1S/C22H34N4O3/c1-21(2,3)18(24)20(29)26-11-14-16(22(14,4)5)17(26)19(28)25-13(10-23)9-12-7-6-8-15(12)27/h12-14,16-18H,6-9,11,24H2,1-5H3,(H,25,28)/t12-,13-,14-,16-,17-,18+/m0/s1. The van der Waals surface area contributed by atoms with Crippen LogP contribution in [0.1, 0.15) is 60.3 Å². The highest BCUT2D eigenvalue weighted by molar-refractivity contribution is 5.92. The Labute approximate surface area is 173 Å². The molecule has 2 amide bonds. The van der Waals surface area contributed by atoms with Crippen molar-refractivity contribution in [1.82, 2.24) is 10.2 Å². The Kier molecular flexibility index (Phi) is 5.55. The predicted octanol–water partition coefficient (Wildman–Crippen LogP) is 1.61. The van der Waals surface area contributed by atoms with Crippen molar-refractivity contribution >= 4 is 17.6 Å². The molecular formula is C22H34N4O3. The first-order valence-corrected chi connectivity index (χ1v) is 10.7. The number of fused-ring (bicyclic) bond motifs is 1. The summed E-state index contributed by atoms with van der Waals surface area (Å²) < 4.78 is 0. The maximum atomic E-state index is 13.2. The van der Waals surface area contributed by atoms with E-state index in [0.717, 1.165) is 12.8 Å². The number of likely N-dealkylation sites (tertiary alicyclic amines) is 1. The quantitative estimate of drug-likeness (QED) is 0.725. The highest BCUT2D eigenvalue weighted by Gasteiger charge is 2.69. The van der Waals surface area contributed by atoms with E-state index in [2.05, 4.69) is 25.2 Å². The number of nitrogens with zero attached hydrogens (tertiary/aromatic N) is 2. The zero-order valence-corrected chi connectivity index (χ0v) is 18.2. The molecule has 29 heavy (non-hydrogen) atoms. The summed E-state index contributed by atoms with van der Waals surface area (Å²) >= 11 is 0. The smallest absolute Gasteiger partial charge is 0.244 e. The third-order valence-electron chi connectivity index (χ3n) is 7.38. The van der Waals surface area contributed by atoms with Crippen molar-refractivity contribution in [2.24, 2.45) is 34.3 Å². The van der Waals surface area contributed by atoms with Crippen LogP contribution in [0.4, 0.5) is 0 Å². The Balaban J connectivity index is 1.73. The number of hydrogen-bond acceptors (Lipinski definition) is 5. The zero-order chi connectivity index (χ0) is 21.7. The average Bonchev–Trinajstić information content (AvgIpc) is 3.02. The summed E-state index contributed by atoms with van der Waals surface area (Å²) in [6.07, 6.45) is 2.53. The normalized spacial score (nSPS) is 32.3. The van der Waals surface area contributed by atoms with Gasteiger partial charge in [-0.15, -0.1) is 0 Å². The third-order valence-corrected chi connectivity index (χ3v) is 7.38. The minimum absolute atomic E-state index is 0.00578. The molecule has 0 bridgehead atoms. The van der Waals surface area contributed by atoms with E-state index in [1.807, 2.05) is 20.8 Å². The van der Waals surface area contributed by atoms with Gasteiger partial charge in [0, 0.05) is 18.9 Å². The fourth-order valence-electron chi connectivity index (χ4n) is 5.18. The monoisotopic (exact) mass is 402 g/mol. The SMILES string of the molecule is CC(C)(C)[C@H](N)C(=O)N1C[C@H]2[C@@H]([C@H]1C(=O)N[C@H](C#N)C[C@@H]1CCCC1=O)C2(C)C. The summed E-state index contributed by atoms with van der Waals surface area (Å²) in [7, 11) is 0. The van der Waals surface area contributed by atoms with E-state index in [4.69, 9.17) is 5.73 Å². The number of Topliss-reactive ketones (excluding diaryl/α,β-unsaturated/α-hetero) is 1. The van der Waals surface area contributed by atoms with Gasteiger partial charge >= 0.3 is 0 Å². The number of piperidine rings is 1. The molecule has 0 aromatic carbocycles. The van der Waals surface area contributed by atoms with Crippen molar-refractivity contribution in [2.45, 2.75) is 78.4 Å². The third kappa shape index (κ3) is 3.92. The second-order valence-electron chi connectivity index (χ2n) is 10.7. The second-order valence-corrected chi connectivity index (χ2v) is 10.7. The van der Waals surface area contributed by atoms with Gasteiger partial charge in [-0.05, 0) is 41.9 Å². The molecule has 0 unspecified atom stereocenters. The summed E-state index contributed by atoms with van der Waals surface area (Å²) in [5.74, 6) is -0.135. The van der Waals surface area contributed by atoms with Gasteiger partial charge in [0.1, 0.15) is 17.9 Å². The van der Waals surface area contributed by atoms with Gasteiger partial charge < -0.3 is 16.0 Å². The molecule has 2 saturated carbocycles. The van der Waals surface area contributed by atoms with Crippen LogP contribution in [0.25, 0.3) is 0 Å².